The smallest absolute Gasteiger partial charge is 0.411 e. The summed E-state index contributed by atoms with van der Waals surface area (Å²) in [7, 11) is 1.23. The molecule has 1 rings (SSSR count). The third kappa shape index (κ3) is 8.64. The van der Waals surface area contributed by atoms with Gasteiger partial charge in [-0.25, -0.2) is 14.4 Å². The van der Waals surface area contributed by atoms with E-state index in [2.05, 4.69) is 37.9 Å². The quantitative estimate of drug-likeness (QED) is 0.249. The fourth-order valence-electron chi connectivity index (χ4n) is 2.13. The van der Waals surface area contributed by atoms with Crippen LogP contribution in [0.15, 0.2) is 35.3 Å². The van der Waals surface area contributed by atoms with E-state index in [1.807, 2.05) is 0 Å². The van der Waals surface area contributed by atoms with Crippen molar-refractivity contribution >= 4 is 45.6 Å². The van der Waals surface area contributed by atoms with Crippen LogP contribution in [0.2, 0.25) is 0 Å². The highest BCUT2D eigenvalue weighted by molar-refractivity contribution is 9.10. The second-order valence-corrected chi connectivity index (χ2v) is 7.92. The van der Waals surface area contributed by atoms with E-state index in [1.54, 1.807) is 20.8 Å². The van der Waals surface area contributed by atoms with Crippen molar-refractivity contribution < 1.29 is 33.4 Å². The normalized spacial score (nSPS) is 11.6. The van der Waals surface area contributed by atoms with Crippen molar-refractivity contribution in [2.45, 2.75) is 38.8 Å². The van der Waals surface area contributed by atoms with E-state index in [1.165, 1.54) is 31.4 Å². The molecule has 0 fully saturated rings. The zero-order chi connectivity index (χ0) is 22.9. The van der Waals surface area contributed by atoms with Gasteiger partial charge in [0.15, 0.2) is 6.61 Å². The summed E-state index contributed by atoms with van der Waals surface area (Å²) in [5.41, 5.74) is -0.0717. The largest absolute Gasteiger partial charge is 0.456 e. The molecule has 1 atom stereocenters. The second-order valence-electron chi connectivity index (χ2n) is 7.07. The van der Waals surface area contributed by atoms with E-state index in [0.29, 0.717) is 10.2 Å². The molecule has 0 saturated carbocycles. The Kier molecular flexibility index (Phi) is 9.51. The molecular formula is C20H25BrN2O7. The van der Waals surface area contributed by atoms with Gasteiger partial charge in [0.2, 0.25) is 5.78 Å². The molecule has 2 amide bonds. The third-order valence-electron chi connectivity index (χ3n) is 3.42. The predicted molar refractivity (Wildman–Crippen MR) is 113 cm³/mol. The van der Waals surface area contributed by atoms with Crippen LogP contribution >= 0.6 is 15.9 Å². The summed E-state index contributed by atoms with van der Waals surface area (Å²) in [5, 5.41) is 4.86. The molecule has 9 nitrogen and oxygen atoms in total. The van der Waals surface area contributed by atoms with Crippen molar-refractivity contribution in [3.05, 3.63) is 40.9 Å². The molecule has 1 aromatic carbocycles. The molecule has 0 saturated heterocycles. The number of ether oxygens (including phenoxy) is 3. The topological polar surface area (TPSA) is 120 Å². The molecule has 0 aliphatic heterocycles. The van der Waals surface area contributed by atoms with Crippen molar-refractivity contribution in [3.8, 4) is 0 Å². The van der Waals surface area contributed by atoms with Crippen molar-refractivity contribution in [1.29, 1.82) is 0 Å². The standard InChI is InChI=1S/C20H25BrN2O7/c1-6-7-15(23-19(27)30-20(2,3)4)17(25)29-11-16(24)13-9-8-12(10-14(13)21)22-18(26)28-5/h6,8-10,15H,1,7,11H2,2-5H3,(H,22,26)(H,23,27)/t15-/m0/s1. The van der Waals surface area contributed by atoms with Crippen LogP contribution in [0.3, 0.4) is 0 Å². The molecule has 0 radical (unpaired) electrons. The number of methoxy groups -OCH3 is 1. The van der Waals surface area contributed by atoms with Crippen LogP contribution in [0.5, 0.6) is 0 Å². The lowest BCUT2D eigenvalue weighted by Gasteiger charge is -2.22. The lowest BCUT2D eigenvalue weighted by atomic mass is 10.1. The lowest BCUT2D eigenvalue weighted by Crippen LogP contribution is -2.44. The van der Waals surface area contributed by atoms with Crippen molar-refractivity contribution in [2.24, 2.45) is 0 Å². The summed E-state index contributed by atoms with van der Waals surface area (Å²) in [6.07, 6.45) is 0.105. The average Bonchev–Trinajstić information content (AvgIpc) is 2.64. The van der Waals surface area contributed by atoms with Crippen LogP contribution < -0.4 is 10.6 Å². The fraction of sp³-hybridized carbons (Fsp3) is 0.400. The molecule has 0 aliphatic carbocycles. The molecule has 164 valence electrons. The summed E-state index contributed by atoms with van der Waals surface area (Å²) in [6.45, 7) is 8.08. The molecule has 0 aliphatic rings. The SMILES string of the molecule is C=CC[C@H](NC(=O)OC(C)(C)C)C(=O)OCC(=O)c1ccc(NC(=O)OC)cc1Br. The summed E-state index contributed by atoms with van der Waals surface area (Å²) in [6, 6.07) is 3.43. The average molecular weight is 485 g/mol. The first kappa shape index (κ1) is 25.2. The first-order valence-corrected chi connectivity index (χ1v) is 9.71. The van der Waals surface area contributed by atoms with Crippen LogP contribution in [0.4, 0.5) is 15.3 Å². The Bertz CT molecular complexity index is 818. The van der Waals surface area contributed by atoms with Gasteiger partial charge in [0.1, 0.15) is 11.6 Å². The number of alkyl carbamates (subject to hydrolysis) is 1. The van der Waals surface area contributed by atoms with E-state index >= 15 is 0 Å². The van der Waals surface area contributed by atoms with Gasteiger partial charge >= 0.3 is 18.2 Å². The Hall–Kier alpha value is -2.88. The number of carbonyl (C=O) groups is 4. The number of rotatable bonds is 8. The van der Waals surface area contributed by atoms with Gasteiger partial charge in [-0.3, -0.25) is 10.1 Å². The number of hydrogen-bond donors (Lipinski definition) is 2. The number of amides is 2. The molecule has 2 N–H and O–H groups in total. The molecule has 30 heavy (non-hydrogen) atoms. The zero-order valence-corrected chi connectivity index (χ0v) is 18.8. The number of ketones is 1. The Morgan fingerprint density at radius 1 is 1.20 bits per heavy atom. The van der Waals surface area contributed by atoms with E-state index in [0.717, 1.165) is 0 Å². The number of carbonyl (C=O) groups excluding carboxylic acids is 4. The zero-order valence-electron chi connectivity index (χ0n) is 17.2. The highest BCUT2D eigenvalue weighted by Crippen LogP contribution is 2.22. The predicted octanol–water partition coefficient (Wildman–Crippen LogP) is 3.82. The minimum atomic E-state index is -1.04. The number of hydrogen-bond acceptors (Lipinski definition) is 7. The van der Waals surface area contributed by atoms with Crippen molar-refractivity contribution in [3.63, 3.8) is 0 Å². The van der Waals surface area contributed by atoms with E-state index in [4.69, 9.17) is 9.47 Å². The molecule has 0 aromatic heterocycles. The monoisotopic (exact) mass is 484 g/mol. The second kappa shape index (κ2) is 11.3. The number of nitrogens with one attached hydrogen (secondary N) is 2. The molecule has 0 spiro atoms. The van der Waals surface area contributed by atoms with Gasteiger partial charge < -0.3 is 19.5 Å². The van der Waals surface area contributed by atoms with Gasteiger partial charge in [-0.2, -0.15) is 0 Å². The summed E-state index contributed by atoms with van der Waals surface area (Å²) in [5.74, 6) is -1.27. The molecule has 1 aromatic rings. The van der Waals surface area contributed by atoms with Crippen LogP contribution in [0, 0.1) is 0 Å². The Morgan fingerprint density at radius 2 is 1.87 bits per heavy atom. The minimum absolute atomic E-state index is 0.101. The van der Waals surface area contributed by atoms with Gasteiger partial charge in [-0.1, -0.05) is 6.08 Å². The van der Waals surface area contributed by atoms with Gasteiger partial charge in [0.25, 0.3) is 0 Å². The third-order valence-corrected chi connectivity index (χ3v) is 4.08. The minimum Gasteiger partial charge on any atom is -0.456 e. The number of esters is 1. The van der Waals surface area contributed by atoms with Gasteiger partial charge in [-0.15, -0.1) is 6.58 Å². The highest BCUT2D eigenvalue weighted by atomic mass is 79.9. The fourth-order valence-corrected chi connectivity index (χ4v) is 2.73. The number of halogens is 1. The summed E-state index contributed by atoms with van der Waals surface area (Å²) in [4.78, 5) is 47.8. The highest BCUT2D eigenvalue weighted by Gasteiger charge is 2.25. The van der Waals surface area contributed by atoms with Crippen molar-refractivity contribution in [2.75, 3.05) is 19.0 Å². The van der Waals surface area contributed by atoms with Crippen molar-refractivity contribution in [1.82, 2.24) is 5.32 Å². The molecule has 0 bridgehead atoms. The molecule has 0 heterocycles. The first-order chi connectivity index (χ1) is 14.0. The summed E-state index contributed by atoms with van der Waals surface area (Å²) >= 11 is 3.24. The van der Waals surface area contributed by atoms with Gasteiger partial charge in [0.05, 0.1) is 7.11 Å². The van der Waals surface area contributed by atoms with E-state index in [9.17, 15) is 19.2 Å². The Balaban J connectivity index is 2.72. The van der Waals surface area contributed by atoms with E-state index in [-0.39, 0.29) is 12.0 Å². The summed E-state index contributed by atoms with van der Waals surface area (Å²) < 4.78 is 15.1. The number of benzene rings is 1. The van der Waals surface area contributed by atoms with Crippen LogP contribution in [0.1, 0.15) is 37.6 Å². The Labute approximate surface area is 183 Å². The molecular weight excluding hydrogens is 460 g/mol. The van der Waals surface area contributed by atoms with E-state index < -0.39 is 42.2 Å². The maximum atomic E-state index is 12.4. The first-order valence-electron chi connectivity index (χ1n) is 8.91. The van der Waals surface area contributed by atoms with Crippen LogP contribution in [0.25, 0.3) is 0 Å². The van der Waals surface area contributed by atoms with Gasteiger partial charge in [-0.05, 0) is 61.3 Å². The number of anilines is 1. The maximum Gasteiger partial charge on any atom is 0.411 e. The maximum absolute atomic E-state index is 12.4. The van der Waals surface area contributed by atoms with Gasteiger partial charge in [0, 0.05) is 15.7 Å². The number of Topliss-reactive ketones (excluding diaryl/α,β-unsaturated/α-hetero) is 1. The molecule has 10 heteroatoms. The lowest BCUT2D eigenvalue weighted by molar-refractivity contribution is -0.144. The van der Waals surface area contributed by atoms with Crippen LogP contribution in [-0.4, -0.2) is 49.3 Å². The Morgan fingerprint density at radius 3 is 2.40 bits per heavy atom. The van der Waals surface area contributed by atoms with Crippen LogP contribution in [-0.2, 0) is 19.0 Å². The molecule has 0 unspecified atom stereocenters.